The Bertz CT molecular complexity index is 1230. The van der Waals surface area contributed by atoms with Crippen LogP contribution in [-0.2, 0) is 11.6 Å². The second kappa shape index (κ2) is 7.57. The normalized spacial score (nSPS) is 12.2. The molecule has 0 aliphatic carbocycles. The summed E-state index contributed by atoms with van der Waals surface area (Å²) >= 11 is 0. The second-order valence-electron chi connectivity index (χ2n) is 8.03. The molecule has 1 N–H and O–H groups in total. The van der Waals surface area contributed by atoms with E-state index in [0.29, 0.717) is 16.9 Å². The predicted octanol–water partition coefficient (Wildman–Crippen LogP) is 5.54. The minimum atomic E-state index is -4.54. The highest BCUT2D eigenvalue weighted by Crippen LogP contribution is 2.35. The summed E-state index contributed by atoms with van der Waals surface area (Å²) in [6.07, 6.45) is 0.0768. The van der Waals surface area contributed by atoms with Crippen LogP contribution in [0.4, 0.5) is 24.7 Å². The molecule has 0 saturated carbocycles. The third kappa shape index (κ3) is 4.30. The van der Waals surface area contributed by atoms with E-state index in [0.717, 1.165) is 11.6 Å². The molecule has 4 heterocycles. The first kappa shape index (κ1) is 20.6. The van der Waals surface area contributed by atoms with Crippen LogP contribution in [0.3, 0.4) is 0 Å². The fraction of sp³-hybridized carbons (Fsp3) is 0.227. The second-order valence-corrected chi connectivity index (χ2v) is 8.03. The van der Waals surface area contributed by atoms with E-state index in [4.69, 9.17) is 0 Å². The number of halogens is 3. The van der Waals surface area contributed by atoms with Gasteiger partial charge in [0.1, 0.15) is 11.5 Å². The van der Waals surface area contributed by atoms with E-state index in [-0.39, 0.29) is 22.5 Å². The van der Waals surface area contributed by atoms with E-state index in [9.17, 15) is 13.2 Å². The molecule has 0 unspecified atom stereocenters. The van der Waals surface area contributed by atoms with Gasteiger partial charge in [0, 0.05) is 17.8 Å². The van der Waals surface area contributed by atoms with Crippen molar-refractivity contribution in [1.29, 1.82) is 0 Å². The van der Waals surface area contributed by atoms with Gasteiger partial charge in [-0.05, 0) is 41.3 Å². The lowest BCUT2D eigenvalue weighted by molar-refractivity contribution is -0.137. The number of rotatable bonds is 3. The Balaban J connectivity index is 1.70. The smallest absolute Gasteiger partial charge is 0.338 e. The third-order valence-electron chi connectivity index (χ3n) is 4.75. The van der Waals surface area contributed by atoms with Gasteiger partial charge in [0.05, 0.1) is 23.1 Å². The molecule has 6 nitrogen and oxygen atoms in total. The van der Waals surface area contributed by atoms with Gasteiger partial charge in [-0.25, -0.2) is 9.97 Å². The van der Waals surface area contributed by atoms with Gasteiger partial charge in [-0.15, -0.1) is 5.10 Å². The maximum Gasteiger partial charge on any atom is 0.418 e. The number of anilines is 2. The Morgan fingerprint density at radius 3 is 2.39 bits per heavy atom. The number of nitrogens with one attached hydrogen (secondary N) is 1. The van der Waals surface area contributed by atoms with Crippen LogP contribution in [0.1, 0.15) is 31.9 Å². The van der Waals surface area contributed by atoms with Crippen molar-refractivity contribution in [3.63, 3.8) is 0 Å². The molecule has 0 spiro atoms. The molecule has 158 valence electrons. The monoisotopic (exact) mass is 424 g/mol. The molecule has 4 aromatic rings. The highest BCUT2D eigenvalue weighted by atomic mass is 19.4. The van der Waals surface area contributed by atoms with Gasteiger partial charge >= 0.3 is 6.18 Å². The third-order valence-corrected chi connectivity index (χ3v) is 4.75. The first-order valence-electron chi connectivity index (χ1n) is 9.51. The Labute approximate surface area is 176 Å². The molecule has 4 rings (SSSR count). The van der Waals surface area contributed by atoms with E-state index >= 15 is 0 Å². The summed E-state index contributed by atoms with van der Waals surface area (Å²) in [4.78, 5) is 12.6. The first-order valence-corrected chi connectivity index (χ1v) is 9.51. The lowest BCUT2D eigenvalue weighted by Gasteiger charge is -2.18. The van der Waals surface area contributed by atoms with Crippen LogP contribution < -0.4 is 5.32 Å². The molecule has 0 aliphatic heterocycles. The van der Waals surface area contributed by atoms with Gasteiger partial charge in [0.2, 0.25) is 0 Å². The lowest BCUT2D eigenvalue weighted by Crippen LogP contribution is -2.11. The maximum absolute atomic E-state index is 13.3. The van der Waals surface area contributed by atoms with Crippen LogP contribution in [0.2, 0.25) is 0 Å². The number of alkyl halides is 3. The first-order chi connectivity index (χ1) is 14.6. The van der Waals surface area contributed by atoms with Gasteiger partial charge in [-0.1, -0.05) is 26.8 Å². The van der Waals surface area contributed by atoms with Gasteiger partial charge in [0.15, 0.2) is 5.65 Å². The standard InChI is InChI=1S/C22H19F3N6/c1-21(2,3)13-6-9-18(27-11-13)29-17-12-28-31-20-14(17)7-8-16(30-20)19-15(22(23,24)25)5-4-10-26-19/h4-12H,1-3H3,(H,27,29,30,31). The van der Waals surface area contributed by atoms with Crippen molar-refractivity contribution >= 4 is 22.5 Å². The highest BCUT2D eigenvalue weighted by molar-refractivity contribution is 5.90. The molecule has 0 aromatic carbocycles. The fourth-order valence-electron chi connectivity index (χ4n) is 3.06. The highest BCUT2D eigenvalue weighted by Gasteiger charge is 2.34. The number of pyridine rings is 3. The summed E-state index contributed by atoms with van der Waals surface area (Å²) in [6.45, 7) is 6.31. The van der Waals surface area contributed by atoms with E-state index in [1.165, 1.54) is 24.5 Å². The molecular formula is C22H19F3N6. The van der Waals surface area contributed by atoms with Crippen molar-refractivity contribution in [3.8, 4) is 11.4 Å². The molecule has 0 atom stereocenters. The number of nitrogens with zero attached hydrogens (tertiary/aromatic N) is 5. The average molecular weight is 424 g/mol. The summed E-state index contributed by atoms with van der Waals surface area (Å²) in [5, 5.41) is 11.7. The van der Waals surface area contributed by atoms with E-state index in [1.54, 1.807) is 12.3 Å². The van der Waals surface area contributed by atoms with Gasteiger partial charge < -0.3 is 5.32 Å². The largest absolute Gasteiger partial charge is 0.418 e. The molecule has 0 radical (unpaired) electrons. The van der Waals surface area contributed by atoms with Crippen molar-refractivity contribution in [2.24, 2.45) is 0 Å². The number of aromatic nitrogens is 5. The van der Waals surface area contributed by atoms with Crippen LogP contribution in [0.15, 0.2) is 55.0 Å². The van der Waals surface area contributed by atoms with Gasteiger partial charge in [-0.2, -0.15) is 18.3 Å². The van der Waals surface area contributed by atoms with E-state index < -0.39 is 11.7 Å². The van der Waals surface area contributed by atoms with E-state index in [2.05, 4.69) is 51.2 Å². The fourth-order valence-corrected chi connectivity index (χ4v) is 3.06. The molecule has 0 amide bonds. The summed E-state index contributed by atoms with van der Waals surface area (Å²) in [6, 6.07) is 9.20. The molecule has 9 heteroatoms. The Hall–Kier alpha value is -3.62. The van der Waals surface area contributed by atoms with Gasteiger partial charge in [0.25, 0.3) is 0 Å². The summed E-state index contributed by atoms with van der Waals surface area (Å²) in [5.74, 6) is 0.607. The van der Waals surface area contributed by atoms with Crippen LogP contribution in [-0.4, -0.2) is 25.1 Å². The van der Waals surface area contributed by atoms with Crippen LogP contribution in [0, 0.1) is 0 Å². The number of fused-ring (bicyclic) bond motifs is 1. The Morgan fingerprint density at radius 2 is 1.71 bits per heavy atom. The van der Waals surface area contributed by atoms with Crippen molar-refractivity contribution < 1.29 is 13.2 Å². The zero-order valence-corrected chi connectivity index (χ0v) is 17.1. The molecule has 0 bridgehead atoms. The average Bonchev–Trinajstić information content (AvgIpc) is 2.73. The molecule has 31 heavy (non-hydrogen) atoms. The quantitative estimate of drug-likeness (QED) is 0.465. The minimum absolute atomic E-state index is 0.0164. The van der Waals surface area contributed by atoms with Crippen molar-refractivity contribution in [3.05, 3.63) is 66.1 Å². The number of hydrogen-bond acceptors (Lipinski definition) is 6. The number of hydrogen-bond donors (Lipinski definition) is 1. The predicted molar refractivity (Wildman–Crippen MR) is 112 cm³/mol. The van der Waals surface area contributed by atoms with Crippen LogP contribution >= 0.6 is 0 Å². The Morgan fingerprint density at radius 1 is 0.903 bits per heavy atom. The summed E-state index contributed by atoms with van der Waals surface area (Å²) in [5.41, 5.74) is 0.836. The molecule has 4 aromatic heterocycles. The van der Waals surface area contributed by atoms with Crippen LogP contribution in [0.5, 0.6) is 0 Å². The van der Waals surface area contributed by atoms with Crippen molar-refractivity contribution in [1.82, 2.24) is 25.1 Å². The zero-order chi connectivity index (χ0) is 22.2. The SMILES string of the molecule is CC(C)(C)c1ccc(Nc2cnnc3nc(-c4ncccc4C(F)(F)F)ccc23)nc1. The van der Waals surface area contributed by atoms with Crippen molar-refractivity contribution in [2.45, 2.75) is 32.4 Å². The molecule has 0 fully saturated rings. The summed E-state index contributed by atoms with van der Waals surface area (Å²) < 4.78 is 40.0. The Kier molecular flexibility index (Phi) is 5.04. The molecule has 0 saturated heterocycles. The lowest BCUT2D eigenvalue weighted by atomic mass is 9.88. The summed E-state index contributed by atoms with van der Waals surface area (Å²) in [7, 11) is 0. The molecule has 0 aliphatic rings. The van der Waals surface area contributed by atoms with Crippen LogP contribution in [0.25, 0.3) is 22.4 Å². The zero-order valence-electron chi connectivity index (χ0n) is 17.1. The minimum Gasteiger partial charge on any atom is -0.338 e. The molecular weight excluding hydrogens is 405 g/mol. The maximum atomic E-state index is 13.3. The van der Waals surface area contributed by atoms with E-state index in [1.807, 2.05) is 12.1 Å². The van der Waals surface area contributed by atoms with Crippen molar-refractivity contribution in [2.75, 3.05) is 5.32 Å². The topological polar surface area (TPSA) is 76.5 Å². The van der Waals surface area contributed by atoms with Gasteiger partial charge in [-0.3, -0.25) is 4.98 Å².